The Morgan fingerprint density at radius 3 is 2.42 bits per heavy atom. The van der Waals surface area contributed by atoms with Crippen LogP contribution in [0, 0.1) is 19.8 Å². The Labute approximate surface area is 189 Å². The SMILES string of the molecule is Cc1ccc(OCC(=O)Nc2cc(Cl)ccc2N2CCN(C(=O)C(C)C)CC2)c(C)c1. The molecular formula is C24H30ClN3O3. The molecule has 166 valence electrons. The van der Waals surface area contributed by atoms with Crippen LogP contribution in [0.1, 0.15) is 25.0 Å². The van der Waals surface area contributed by atoms with E-state index in [4.69, 9.17) is 16.3 Å². The normalized spacial score (nSPS) is 14.0. The van der Waals surface area contributed by atoms with Crippen molar-refractivity contribution in [3.8, 4) is 5.75 Å². The Morgan fingerprint density at radius 1 is 1.06 bits per heavy atom. The smallest absolute Gasteiger partial charge is 0.262 e. The molecule has 1 N–H and O–H groups in total. The molecule has 0 saturated carbocycles. The maximum atomic E-state index is 12.6. The van der Waals surface area contributed by atoms with Gasteiger partial charge in [-0.1, -0.05) is 43.1 Å². The zero-order chi connectivity index (χ0) is 22.5. The summed E-state index contributed by atoms with van der Waals surface area (Å²) in [6.07, 6.45) is 0. The summed E-state index contributed by atoms with van der Waals surface area (Å²) in [5.74, 6) is 0.608. The molecule has 0 unspecified atom stereocenters. The van der Waals surface area contributed by atoms with Crippen molar-refractivity contribution in [2.45, 2.75) is 27.7 Å². The molecule has 1 aliphatic heterocycles. The van der Waals surface area contributed by atoms with Crippen molar-refractivity contribution in [3.63, 3.8) is 0 Å². The number of amides is 2. The Hall–Kier alpha value is -2.73. The van der Waals surface area contributed by atoms with Gasteiger partial charge < -0.3 is 19.9 Å². The quantitative estimate of drug-likeness (QED) is 0.723. The van der Waals surface area contributed by atoms with E-state index in [1.165, 1.54) is 0 Å². The molecule has 6 nitrogen and oxygen atoms in total. The van der Waals surface area contributed by atoms with E-state index in [1.807, 2.05) is 62.9 Å². The highest BCUT2D eigenvalue weighted by Gasteiger charge is 2.24. The minimum absolute atomic E-state index is 0.00547. The molecule has 31 heavy (non-hydrogen) atoms. The van der Waals surface area contributed by atoms with Crippen LogP contribution in [-0.2, 0) is 9.59 Å². The minimum Gasteiger partial charge on any atom is -0.483 e. The van der Waals surface area contributed by atoms with Crippen LogP contribution < -0.4 is 15.0 Å². The van der Waals surface area contributed by atoms with E-state index >= 15 is 0 Å². The number of carbonyl (C=O) groups is 2. The lowest BCUT2D eigenvalue weighted by molar-refractivity contribution is -0.134. The molecule has 0 aromatic heterocycles. The molecule has 1 aliphatic rings. The number of piperazine rings is 1. The molecule has 0 radical (unpaired) electrons. The summed E-state index contributed by atoms with van der Waals surface area (Å²) in [6.45, 7) is 10.4. The average Bonchev–Trinajstić information content (AvgIpc) is 2.73. The van der Waals surface area contributed by atoms with Gasteiger partial charge in [-0.05, 0) is 43.7 Å². The van der Waals surface area contributed by atoms with Gasteiger partial charge in [0.15, 0.2) is 6.61 Å². The van der Waals surface area contributed by atoms with E-state index in [-0.39, 0.29) is 24.3 Å². The molecule has 2 aromatic carbocycles. The van der Waals surface area contributed by atoms with Gasteiger partial charge in [-0.25, -0.2) is 0 Å². The number of benzene rings is 2. The van der Waals surface area contributed by atoms with Crippen molar-refractivity contribution >= 4 is 34.8 Å². The average molecular weight is 444 g/mol. The second-order valence-corrected chi connectivity index (χ2v) is 8.67. The minimum atomic E-state index is -0.253. The van der Waals surface area contributed by atoms with Gasteiger partial charge >= 0.3 is 0 Å². The largest absolute Gasteiger partial charge is 0.483 e. The number of nitrogens with one attached hydrogen (secondary N) is 1. The lowest BCUT2D eigenvalue weighted by Crippen LogP contribution is -2.50. The second-order valence-electron chi connectivity index (χ2n) is 8.23. The van der Waals surface area contributed by atoms with Crippen LogP contribution in [0.25, 0.3) is 0 Å². The molecule has 0 aliphatic carbocycles. The number of hydrogen-bond acceptors (Lipinski definition) is 4. The third kappa shape index (κ3) is 5.91. The van der Waals surface area contributed by atoms with Gasteiger partial charge in [0.05, 0.1) is 11.4 Å². The van der Waals surface area contributed by atoms with E-state index in [1.54, 1.807) is 6.07 Å². The molecule has 1 fully saturated rings. The van der Waals surface area contributed by atoms with Gasteiger partial charge in [0, 0.05) is 37.1 Å². The Morgan fingerprint density at radius 2 is 1.77 bits per heavy atom. The molecule has 1 saturated heterocycles. The number of ether oxygens (including phenoxy) is 1. The van der Waals surface area contributed by atoms with Gasteiger partial charge in [-0.3, -0.25) is 9.59 Å². The maximum absolute atomic E-state index is 12.6. The summed E-state index contributed by atoms with van der Waals surface area (Å²) in [6, 6.07) is 11.3. The number of halogens is 1. The molecule has 0 spiro atoms. The van der Waals surface area contributed by atoms with E-state index in [9.17, 15) is 9.59 Å². The van der Waals surface area contributed by atoms with Crippen LogP contribution in [0.15, 0.2) is 36.4 Å². The van der Waals surface area contributed by atoms with Crippen LogP contribution in [0.2, 0.25) is 5.02 Å². The fourth-order valence-corrected chi connectivity index (χ4v) is 3.88. The third-order valence-corrected chi connectivity index (χ3v) is 5.58. The molecule has 2 amide bonds. The molecule has 0 atom stereocenters. The first-order chi connectivity index (χ1) is 14.7. The third-order valence-electron chi connectivity index (χ3n) is 5.35. The van der Waals surface area contributed by atoms with Crippen LogP contribution in [0.4, 0.5) is 11.4 Å². The molecule has 0 bridgehead atoms. The van der Waals surface area contributed by atoms with Crippen LogP contribution in [0.5, 0.6) is 5.75 Å². The Bertz CT molecular complexity index is 953. The molecule has 1 heterocycles. The van der Waals surface area contributed by atoms with Gasteiger partial charge in [-0.2, -0.15) is 0 Å². The van der Waals surface area contributed by atoms with E-state index in [0.29, 0.717) is 42.6 Å². The van der Waals surface area contributed by atoms with Crippen molar-refractivity contribution in [2.75, 3.05) is 43.0 Å². The van der Waals surface area contributed by atoms with E-state index in [2.05, 4.69) is 10.2 Å². The summed E-state index contributed by atoms with van der Waals surface area (Å²) in [5.41, 5.74) is 3.67. The number of nitrogens with zero attached hydrogens (tertiary/aromatic N) is 2. The summed E-state index contributed by atoms with van der Waals surface area (Å²) in [5, 5.41) is 3.48. The van der Waals surface area contributed by atoms with Crippen LogP contribution >= 0.6 is 11.6 Å². The molecular weight excluding hydrogens is 414 g/mol. The predicted molar refractivity (Wildman–Crippen MR) is 125 cm³/mol. The Balaban J connectivity index is 1.65. The van der Waals surface area contributed by atoms with Crippen molar-refractivity contribution in [1.29, 1.82) is 0 Å². The standard InChI is InChI=1S/C24H30ClN3O3/c1-16(2)24(30)28-11-9-27(10-12-28)21-7-6-19(25)14-20(21)26-23(29)15-31-22-8-5-17(3)13-18(22)4/h5-8,13-14,16H,9-12,15H2,1-4H3,(H,26,29). The number of anilines is 2. The summed E-state index contributed by atoms with van der Waals surface area (Å²) < 4.78 is 5.70. The van der Waals surface area contributed by atoms with Gasteiger partial charge in [-0.15, -0.1) is 0 Å². The summed E-state index contributed by atoms with van der Waals surface area (Å²) in [4.78, 5) is 28.9. The number of hydrogen-bond donors (Lipinski definition) is 1. The van der Waals surface area contributed by atoms with E-state index < -0.39 is 0 Å². The van der Waals surface area contributed by atoms with Gasteiger partial charge in [0.1, 0.15) is 5.75 Å². The second kappa shape index (κ2) is 10.1. The van der Waals surface area contributed by atoms with Crippen molar-refractivity contribution < 1.29 is 14.3 Å². The lowest BCUT2D eigenvalue weighted by atomic mass is 10.1. The fraction of sp³-hybridized carbons (Fsp3) is 0.417. The van der Waals surface area contributed by atoms with Gasteiger partial charge in [0.25, 0.3) is 5.91 Å². The highest BCUT2D eigenvalue weighted by Crippen LogP contribution is 2.30. The highest BCUT2D eigenvalue weighted by atomic mass is 35.5. The first-order valence-corrected chi connectivity index (χ1v) is 11.0. The fourth-order valence-electron chi connectivity index (χ4n) is 3.71. The zero-order valence-corrected chi connectivity index (χ0v) is 19.3. The summed E-state index contributed by atoms with van der Waals surface area (Å²) >= 11 is 6.19. The molecule has 2 aromatic rings. The van der Waals surface area contributed by atoms with Crippen molar-refractivity contribution in [1.82, 2.24) is 4.90 Å². The first-order valence-electron chi connectivity index (χ1n) is 10.6. The monoisotopic (exact) mass is 443 g/mol. The number of rotatable bonds is 6. The number of carbonyl (C=O) groups excluding carboxylic acids is 2. The zero-order valence-electron chi connectivity index (χ0n) is 18.6. The molecule has 7 heteroatoms. The maximum Gasteiger partial charge on any atom is 0.262 e. The predicted octanol–water partition coefficient (Wildman–Crippen LogP) is 4.28. The highest BCUT2D eigenvalue weighted by molar-refractivity contribution is 6.31. The van der Waals surface area contributed by atoms with E-state index in [0.717, 1.165) is 16.8 Å². The summed E-state index contributed by atoms with van der Waals surface area (Å²) in [7, 11) is 0. The first kappa shape index (κ1) is 22.9. The lowest BCUT2D eigenvalue weighted by Gasteiger charge is -2.37. The molecule has 3 rings (SSSR count). The van der Waals surface area contributed by atoms with Crippen molar-refractivity contribution in [2.24, 2.45) is 5.92 Å². The topological polar surface area (TPSA) is 61.9 Å². The number of aryl methyl sites for hydroxylation is 2. The van der Waals surface area contributed by atoms with Crippen molar-refractivity contribution in [3.05, 3.63) is 52.5 Å². The van der Waals surface area contributed by atoms with Gasteiger partial charge in [0.2, 0.25) is 5.91 Å². The van der Waals surface area contributed by atoms with Crippen LogP contribution in [-0.4, -0.2) is 49.5 Å². The Kier molecular flexibility index (Phi) is 7.44. The van der Waals surface area contributed by atoms with Crippen LogP contribution in [0.3, 0.4) is 0 Å².